The van der Waals surface area contributed by atoms with Crippen LogP contribution in [0.2, 0.25) is 0 Å². The third-order valence-electron chi connectivity index (χ3n) is 1.69. The van der Waals surface area contributed by atoms with Gasteiger partial charge in [-0.25, -0.2) is 4.98 Å². The summed E-state index contributed by atoms with van der Waals surface area (Å²) in [4.78, 5) is 4.38. The van der Waals surface area contributed by atoms with E-state index in [0.29, 0.717) is 5.25 Å². The highest BCUT2D eigenvalue weighted by molar-refractivity contribution is 7.99. The molecule has 0 aromatic carbocycles. The number of thiazole rings is 1. The number of aliphatic hydroxyl groups is 1. The Morgan fingerprint density at radius 2 is 2.46 bits per heavy atom. The summed E-state index contributed by atoms with van der Waals surface area (Å²) in [5.41, 5.74) is 1.11. The Morgan fingerprint density at radius 1 is 1.69 bits per heavy atom. The molecule has 0 radical (unpaired) electrons. The lowest BCUT2D eigenvalue weighted by molar-refractivity contribution is 0.289. The fourth-order valence-corrected chi connectivity index (χ4v) is 2.74. The van der Waals surface area contributed by atoms with Crippen LogP contribution < -0.4 is 0 Å². The van der Waals surface area contributed by atoms with Gasteiger partial charge in [0.2, 0.25) is 0 Å². The zero-order valence-electron chi connectivity index (χ0n) is 7.99. The zero-order chi connectivity index (χ0) is 9.68. The van der Waals surface area contributed by atoms with Crippen molar-refractivity contribution >= 4 is 23.1 Å². The number of aryl methyl sites for hydroxylation is 1. The van der Waals surface area contributed by atoms with E-state index >= 15 is 0 Å². The van der Waals surface area contributed by atoms with Crippen molar-refractivity contribution in [3.05, 3.63) is 16.1 Å². The van der Waals surface area contributed by atoms with Gasteiger partial charge in [-0.3, -0.25) is 0 Å². The molecule has 1 unspecified atom stereocenters. The monoisotopic (exact) mass is 217 g/mol. The van der Waals surface area contributed by atoms with Crippen molar-refractivity contribution in [2.45, 2.75) is 31.3 Å². The molecule has 0 fully saturated rings. The SMILES string of the molecule is Cc1csc(CSC(C)CCO)n1. The van der Waals surface area contributed by atoms with Gasteiger partial charge in [-0.15, -0.1) is 11.3 Å². The predicted octanol–water partition coefficient (Wildman–Crippen LogP) is 2.46. The van der Waals surface area contributed by atoms with Gasteiger partial charge in [0.15, 0.2) is 0 Å². The van der Waals surface area contributed by atoms with Crippen LogP contribution in [-0.2, 0) is 5.75 Å². The van der Waals surface area contributed by atoms with E-state index in [1.807, 2.05) is 18.7 Å². The van der Waals surface area contributed by atoms with Crippen molar-refractivity contribution in [2.24, 2.45) is 0 Å². The number of aromatic nitrogens is 1. The molecule has 2 nitrogen and oxygen atoms in total. The minimum atomic E-state index is 0.283. The molecule has 0 saturated carbocycles. The second kappa shape index (κ2) is 5.62. The van der Waals surface area contributed by atoms with Crippen LogP contribution in [0.3, 0.4) is 0 Å². The second-order valence-electron chi connectivity index (χ2n) is 3.02. The molecule has 1 aromatic heterocycles. The van der Waals surface area contributed by atoms with Gasteiger partial charge >= 0.3 is 0 Å². The molecular formula is C9H15NOS2. The van der Waals surface area contributed by atoms with Gasteiger partial charge in [0.1, 0.15) is 5.01 Å². The van der Waals surface area contributed by atoms with Crippen molar-refractivity contribution in [3.63, 3.8) is 0 Å². The highest BCUT2D eigenvalue weighted by Gasteiger charge is 2.04. The molecule has 1 aromatic rings. The summed E-state index contributed by atoms with van der Waals surface area (Å²) in [6.45, 7) is 4.44. The summed E-state index contributed by atoms with van der Waals surface area (Å²) >= 11 is 3.57. The van der Waals surface area contributed by atoms with Crippen molar-refractivity contribution in [3.8, 4) is 0 Å². The van der Waals surface area contributed by atoms with Crippen LogP contribution in [-0.4, -0.2) is 21.9 Å². The van der Waals surface area contributed by atoms with E-state index < -0.39 is 0 Å². The van der Waals surface area contributed by atoms with E-state index in [1.54, 1.807) is 11.3 Å². The van der Waals surface area contributed by atoms with E-state index in [9.17, 15) is 0 Å². The Morgan fingerprint density at radius 3 is 3.00 bits per heavy atom. The van der Waals surface area contributed by atoms with Crippen molar-refractivity contribution in [2.75, 3.05) is 6.61 Å². The van der Waals surface area contributed by atoms with E-state index in [4.69, 9.17) is 5.11 Å². The van der Waals surface area contributed by atoms with Crippen LogP contribution in [0.25, 0.3) is 0 Å². The molecule has 74 valence electrons. The highest BCUT2D eigenvalue weighted by Crippen LogP contribution is 2.21. The fourth-order valence-electron chi connectivity index (χ4n) is 0.948. The van der Waals surface area contributed by atoms with Crippen LogP contribution >= 0.6 is 23.1 Å². The smallest absolute Gasteiger partial charge is 0.103 e. The quantitative estimate of drug-likeness (QED) is 0.822. The molecule has 0 amide bonds. The minimum absolute atomic E-state index is 0.283. The van der Waals surface area contributed by atoms with Crippen LogP contribution in [0.4, 0.5) is 0 Å². The van der Waals surface area contributed by atoms with Crippen LogP contribution in [0.5, 0.6) is 0 Å². The van der Waals surface area contributed by atoms with Gasteiger partial charge in [-0.05, 0) is 13.3 Å². The maximum Gasteiger partial charge on any atom is 0.103 e. The molecule has 1 N–H and O–H groups in total. The molecule has 1 heterocycles. The Kier molecular flexibility index (Phi) is 4.77. The van der Waals surface area contributed by atoms with Crippen LogP contribution in [0, 0.1) is 6.92 Å². The maximum atomic E-state index is 8.71. The third kappa shape index (κ3) is 4.11. The van der Waals surface area contributed by atoms with Gasteiger partial charge in [-0.2, -0.15) is 11.8 Å². The second-order valence-corrected chi connectivity index (χ2v) is 5.39. The lowest BCUT2D eigenvalue weighted by atomic mass is 10.3. The largest absolute Gasteiger partial charge is 0.396 e. The lowest BCUT2D eigenvalue weighted by Crippen LogP contribution is -1.99. The van der Waals surface area contributed by atoms with E-state index in [2.05, 4.69) is 17.3 Å². The summed E-state index contributed by atoms with van der Waals surface area (Å²) < 4.78 is 0. The molecular weight excluding hydrogens is 202 g/mol. The first-order valence-electron chi connectivity index (χ1n) is 4.36. The van der Waals surface area contributed by atoms with Crippen molar-refractivity contribution < 1.29 is 5.11 Å². The molecule has 0 saturated heterocycles. The number of thioether (sulfide) groups is 1. The molecule has 0 aliphatic carbocycles. The Labute approximate surface area is 87.4 Å². The molecule has 13 heavy (non-hydrogen) atoms. The number of rotatable bonds is 5. The number of aliphatic hydroxyl groups excluding tert-OH is 1. The van der Waals surface area contributed by atoms with E-state index in [1.165, 1.54) is 5.01 Å². The third-order valence-corrected chi connectivity index (χ3v) is 4.09. The maximum absolute atomic E-state index is 8.71. The van der Waals surface area contributed by atoms with Crippen molar-refractivity contribution in [1.82, 2.24) is 4.98 Å². The van der Waals surface area contributed by atoms with Gasteiger partial charge in [0.25, 0.3) is 0 Å². The van der Waals surface area contributed by atoms with Crippen molar-refractivity contribution in [1.29, 1.82) is 0 Å². The molecule has 4 heteroatoms. The first-order valence-corrected chi connectivity index (χ1v) is 6.28. The number of hydrogen-bond acceptors (Lipinski definition) is 4. The number of hydrogen-bond donors (Lipinski definition) is 1. The normalized spacial score (nSPS) is 13.2. The summed E-state index contributed by atoms with van der Waals surface area (Å²) in [5.74, 6) is 0.972. The molecule has 0 bridgehead atoms. The number of nitrogens with zero attached hydrogens (tertiary/aromatic N) is 1. The lowest BCUT2D eigenvalue weighted by Gasteiger charge is -2.06. The predicted molar refractivity (Wildman–Crippen MR) is 59.3 cm³/mol. The van der Waals surface area contributed by atoms with Crippen LogP contribution in [0.1, 0.15) is 24.0 Å². The van der Waals surface area contributed by atoms with Gasteiger partial charge in [0.05, 0.1) is 0 Å². The standard InChI is InChI=1S/C9H15NOS2/c1-7-5-13-9(10-7)6-12-8(2)3-4-11/h5,8,11H,3-4,6H2,1-2H3. The topological polar surface area (TPSA) is 33.1 Å². The Hall–Kier alpha value is -0.0600. The molecule has 0 aliphatic rings. The summed E-state index contributed by atoms with van der Waals surface area (Å²) in [6, 6.07) is 0. The highest BCUT2D eigenvalue weighted by atomic mass is 32.2. The van der Waals surface area contributed by atoms with E-state index in [0.717, 1.165) is 17.9 Å². The first kappa shape index (κ1) is 11.0. The average Bonchev–Trinajstić information content (AvgIpc) is 2.49. The molecule has 1 atom stereocenters. The minimum Gasteiger partial charge on any atom is -0.396 e. The summed E-state index contributed by atoms with van der Waals surface area (Å²) in [7, 11) is 0. The van der Waals surface area contributed by atoms with Gasteiger partial charge < -0.3 is 5.11 Å². The molecule has 1 rings (SSSR count). The average molecular weight is 217 g/mol. The van der Waals surface area contributed by atoms with Crippen LogP contribution in [0.15, 0.2) is 5.38 Å². The Bertz CT molecular complexity index is 250. The summed E-state index contributed by atoms with van der Waals surface area (Å²) in [6.07, 6.45) is 0.870. The Balaban J connectivity index is 2.26. The molecule has 0 spiro atoms. The fraction of sp³-hybridized carbons (Fsp3) is 0.667. The first-order chi connectivity index (χ1) is 6.22. The van der Waals surface area contributed by atoms with Gasteiger partial charge in [-0.1, -0.05) is 6.92 Å². The molecule has 0 aliphatic heterocycles. The van der Waals surface area contributed by atoms with Gasteiger partial charge in [0, 0.05) is 28.7 Å². The van der Waals surface area contributed by atoms with E-state index in [-0.39, 0.29) is 6.61 Å². The summed E-state index contributed by atoms with van der Waals surface area (Å²) in [5, 5.41) is 12.5. The zero-order valence-corrected chi connectivity index (χ0v) is 9.62.